The fourth-order valence-corrected chi connectivity index (χ4v) is 2.05. The Morgan fingerprint density at radius 3 is 2.35 bits per heavy atom. The van der Waals surface area contributed by atoms with Crippen molar-refractivity contribution in [1.29, 1.82) is 0 Å². The van der Waals surface area contributed by atoms with Crippen molar-refractivity contribution in [3.8, 4) is 11.3 Å². The Balaban J connectivity index is 2.30. The van der Waals surface area contributed by atoms with Gasteiger partial charge in [0.25, 0.3) is 0 Å². The van der Waals surface area contributed by atoms with E-state index in [-0.39, 0.29) is 5.76 Å². The van der Waals surface area contributed by atoms with Crippen LogP contribution in [0, 0.1) is 0 Å². The summed E-state index contributed by atoms with van der Waals surface area (Å²) in [5.74, 6) is -1.45. The van der Waals surface area contributed by atoms with E-state index in [0.29, 0.717) is 16.9 Å². The van der Waals surface area contributed by atoms with Gasteiger partial charge in [0.05, 0.1) is 11.9 Å². The third-order valence-corrected chi connectivity index (χ3v) is 3.95. The van der Waals surface area contributed by atoms with Crippen molar-refractivity contribution in [2.24, 2.45) is 0 Å². The number of aromatic carboxylic acids is 1. The van der Waals surface area contributed by atoms with Crippen molar-refractivity contribution in [3.63, 3.8) is 0 Å². The van der Waals surface area contributed by atoms with Gasteiger partial charge in [-0.1, -0.05) is 17.3 Å². The first kappa shape index (κ1) is 14.1. The predicted molar refractivity (Wildman–Crippen MR) is 72.1 cm³/mol. The Hall–Kier alpha value is -2.35. The molecule has 1 N–H and O–H groups in total. The molecule has 0 bridgehead atoms. The fourth-order valence-electron chi connectivity index (χ4n) is 1.55. The van der Waals surface area contributed by atoms with Crippen LogP contribution in [0.2, 0.25) is 0 Å². The molecular formula is C12H12N2O5S. The number of carboxylic acid groups (broad SMARTS) is 1. The van der Waals surface area contributed by atoms with Gasteiger partial charge >= 0.3 is 5.97 Å². The van der Waals surface area contributed by atoms with Crippen molar-refractivity contribution in [1.82, 2.24) is 5.16 Å². The SMILES string of the molecule is CN(c1ccc(-c2cc(C(=O)O)on2)cc1)S(C)(=O)=O. The summed E-state index contributed by atoms with van der Waals surface area (Å²) in [6, 6.07) is 7.79. The van der Waals surface area contributed by atoms with Crippen LogP contribution in [0.4, 0.5) is 5.69 Å². The molecule has 7 nitrogen and oxygen atoms in total. The van der Waals surface area contributed by atoms with Crippen LogP contribution in [0.3, 0.4) is 0 Å². The smallest absolute Gasteiger partial charge is 0.374 e. The van der Waals surface area contributed by atoms with Gasteiger partial charge in [-0.3, -0.25) is 4.31 Å². The highest BCUT2D eigenvalue weighted by atomic mass is 32.2. The lowest BCUT2D eigenvalue weighted by atomic mass is 10.1. The van der Waals surface area contributed by atoms with E-state index >= 15 is 0 Å². The molecule has 0 aliphatic carbocycles. The predicted octanol–water partition coefficient (Wildman–Crippen LogP) is 1.44. The molecule has 1 aromatic carbocycles. The lowest BCUT2D eigenvalue weighted by Crippen LogP contribution is -2.24. The fraction of sp³-hybridized carbons (Fsp3) is 0.167. The lowest BCUT2D eigenvalue weighted by molar-refractivity contribution is 0.0652. The van der Waals surface area contributed by atoms with Gasteiger partial charge in [0, 0.05) is 18.7 Å². The number of carbonyl (C=O) groups is 1. The number of nitrogens with zero attached hydrogens (tertiary/aromatic N) is 2. The van der Waals surface area contributed by atoms with Crippen LogP contribution in [-0.4, -0.2) is 38.0 Å². The number of hydrogen-bond acceptors (Lipinski definition) is 5. The number of benzene rings is 1. The minimum absolute atomic E-state index is 0.252. The van der Waals surface area contributed by atoms with Gasteiger partial charge < -0.3 is 9.63 Å². The maximum atomic E-state index is 11.4. The van der Waals surface area contributed by atoms with Crippen molar-refractivity contribution >= 4 is 21.7 Å². The molecule has 0 saturated heterocycles. The first-order chi connectivity index (χ1) is 9.29. The molecule has 1 heterocycles. The van der Waals surface area contributed by atoms with Gasteiger partial charge in [-0.2, -0.15) is 0 Å². The highest BCUT2D eigenvalue weighted by Gasteiger charge is 2.14. The van der Waals surface area contributed by atoms with E-state index in [9.17, 15) is 13.2 Å². The van der Waals surface area contributed by atoms with Crippen LogP contribution < -0.4 is 4.31 Å². The monoisotopic (exact) mass is 296 g/mol. The standard InChI is InChI=1S/C12H12N2O5S/c1-14(20(2,17)18)9-5-3-8(4-6-9)10-7-11(12(15)16)19-13-10/h3-7H,1-2H3,(H,15,16). The topological polar surface area (TPSA) is 101 Å². The molecule has 0 aliphatic heterocycles. The summed E-state index contributed by atoms with van der Waals surface area (Å²) in [5, 5.41) is 12.4. The lowest BCUT2D eigenvalue weighted by Gasteiger charge is -2.16. The molecule has 0 saturated carbocycles. The average molecular weight is 296 g/mol. The van der Waals surface area contributed by atoms with Crippen molar-refractivity contribution in [3.05, 3.63) is 36.1 Å². The molecule has 106 valence electrons. The maximum absolute atomic E-state index is 11.4. The Bertz CT molecular complexity index is 733. The summed E-state index contributed by atoms with van der Waals surface area (Å²) in [4.78, 5) is 10.7. The number of aromatic nitrogens is 1. The van der Waals surface area contributed by atoms with Gasteiger partial charge in [-0.25, -0.2) is 13.2 Å². The second-order valence-electron chi connectivity index (χ2n) is 4.16. The summed E-state index contributed by atoms with van der Waals surface area (Å²) >= 11 is 0. The minimum atomic E-state index is -3.32. The van der Waals surface area contributed by atoms with Crippen LogP contribution in [0.5, 0.6) is 0 Å². The Labute approximate surface area is 115 Å². The largest absolute Gasteiger partial charge is 0.475 e. The number of rotatable bonds is 4. The average Bonchev–Trinajstić information content (AvgIpc) is 2.86. The summed E-state index contributed by atoms with van der Waals surface area (Å²) < 4.78 is 28.6. The molecule has 0 radical (unpaired) electrons. The van der Waals surface area contributed by atoms with Crippen molar-refractivity contribution in [2.75, 3.05) is 17.6 Å². The first-order valence-electron chi connectivity index (χ1n) is 5.53. The third kappa shape index (κ3) is 2.80. The van der Waals surface area contributed by atoms with E-state index in [1.807, 2.05) is 0 Å². The molecule has 0 unspecified atom stereocenters. The molecule has 20 heavy (non-hydrogen) atoms. The van der Waals surface area contributed by atoms with Crippen molar-refractivity contribution < 1.29 is 22.8 Å². The summed E-state index contributed by atoms with van der Waals surface area (Å²) in [5.41, 5.74) is 1.50. The van der Waals surface area contributed by atoms with Crippen LogP contribution >= 0.6 is 0 Å². The zero-order valence-corrected chi connectivity index (χ0v) is 11.6. The van der Waals surface area contributed by atoms with Gasteiger partial charge in [0.15, 0.2) is 0 Å². The molecule has 1 aromatic heterocycles. The van der Waals surface area contributed by atoms with E-state index < -0.39 is 16.0 Å². The zero-order chi connectivity index (χ0) is 14.9. The van der Waals surface area contributed by atoms with Gasteiger partial charge in [-0.15, -0.1) is 0 Å². The molecular weight excluding hydrogens is 284 g/mol. The van der Waals surface area contributed by atoms with Gasteiger partial charge in [-0.05, 0) is 12.1 Å². The van der Waals surface area contributed by atoms with E-state index in [4.69, 9.17) is 5.11 Å². The number of hydrogen-bond donors (Lipinski definition) is 1. The molecule has 0 amide bonds. The molecule has 0 aliphatic rings. The van der Waals surface area contributed by atoms with E-state index in [2.05, 4.69) is 9.68 Å². The molecule has 2 aromatic rings. The normalized spacial score (nSPS) is 11.3. The molecule has 8 heteroatoms. The number of carboxylic acids is 1. The van der Waals surface area contributed by atoms with Gasteiger partial charge in [0.1, 0.15) is 5.69 Å². The zero-order valence-electron chi connectivity index (χ0n) is 10.8. The van der Waals surface area contributed by atoms with Crippen molar-refractivity contribution in [2.45, 2.75) is 0 Å². The third-order valence-electron chi connectivity index (χ3n) is 2.75. The molecule has 2 rings (SSSR count). The highest BCUT2D eigenvalue weighted by Crippen LogP contribution is 2.23. The van der Waals surface area contributed by atoms with E-state index in [0.717, 1.165) is 10.6 Å². The van der Waals surface area contributed by atoms with E-state index in [1.165, 1.54) is 13.1 Å². The first-order valence-corrected chi connectivity index (χ1v) is 7.38. The summed E-state index contributed by atoms with van der Waals surface area (Å²) in [7, 11) is -1.87. The van der Waals surface area contributed by atoms with Crippen LogP contribution in [0.1, 0.15) is 10.6 Å². The second kappa shape index (κ2) is 4.97. The van der Waals surface area contributed by atoms with Crippen LogP contribution in [-0.2, 0) is 10.0 Å². The number of anilines is 1. The van der Waals surface area contributed by atoms with Gasteiger partial charge in [0.2, 0.25) is 15.8 Å². The number of sulfonamides is 1. The second-order valence-corrected chi connectivity index (χ2v) is 6.17. The highest BCUT2D eigenvalue weighted by molar-refractivity contribution is 7.92. The minimum Gasteiger partial charge on any atom is -0.475 e. The Kier molecular flexibility index (Phi) is 3.49. The van der Waals surface area contributed by atoms with Crippen LogP contribution in [0.25, 0.3) is 11.3 Å². The quantitative estimate of drug-likeness (QED) is 0.916. The summed E-state index contributed by atoms with van der Waals surface area (Å²) in [6.07, 6.45) is 1.11. The molecule has 0 fully saturated rings. The summed E-state index contributed by atoms with van der Waals surface area (Å²) in [6.45, 7) is 0. The van der Waals surface area contributed by atoms with E-state index in [1.54, 1.807) is 24.3 Å². The Morgan fingerprint density at radius 2 is 1.90 bits per heavy atom. The Morgan fingerprint density at radius 1 is 1.30 bits per heavy atom. The molecule has 0 spiro atoms. The van der Waals surface area contributed by atoms with Crippen LogP contribution in [0.15, 0.2) is 34.9 Å². The molecule has 0 atom stereocenters. The maximum Gasteiger partial charge on any atom is 0.374 e.